The lowest BCUT2D eigenvalue weighted by Crippen LogP contribution is -2.45. The molecule has 0 fully saturated rings. The minimum absolute atomic E-state index is 0.0919. The van der Waals surface area contributed by atoms with Crippen molar-refractivity contribution < 1.29 is 14.3 Å². The van der Waals surface area contributed by atoms with Gasteiger partial charge in [-0.1, -0.05) is 6.07 Å². The topological polar surface area (TPSA) is 67.4 Å². The van der Waals surface area contributed by atoms with Crippen molar-refractivity contribution in [1.29, 1.82) is 0 Å². The first-order chi connectivity index (χ1) is 10.4. The highest BCUT2D eigenvalue weighted by atomic mass is 32.1. The van der Waals surface area contributed by atoms with E-state index in [2.05, 4.69) is 10.6 Å². The largest absolute Gasteiger partial charge is 0.476 e. The van der Waals surface area contributed by atoms with Crippen molar-refractivity contribution in [3.05, 3.63) is 40.6 Å². The van der Waals surface area contributed by atoms with Gasteiger partial charge in [0.2, 0.25) is 5.91 Å². The van der Waals surface area contributed by atoms with Gasteiger partial charge in [0.05, 0.1) is 12.1 Å². The molecule has 2 amide bonds. The van der Waals surface area contributed by atoms with Crippen molar-refractivity contribution in [3.8, 4) is 5.75 Å². The number of nitrogens with one attached hydrogen (secondary N) is 2. The monoisotopic (exact) mass is 316 g/mol. The lowest BCUT2D eigenvalue weighted by Gasteiger charge is -2.31. The smallest absolute Gasteiger partial charge is 0.268 e. The highest BCUT2D eigenvalue weighted by Crippen LogP contribution is 2.35. The number of rotatable bonds is 3. The molecule has 0 saturated carbocycles. The second-order valence-corrected chi connectivity index (χ2v) is 6.61. The molecule has 0 aliphatic carbocycles. The molecule has 0 atom stereocenters. The lowest BCUT2D eigenvalue weighted by atomic mass is 10.1. The molecule has 0 saturated heterocycles. The molecule has 0 spiro atoms. The van der Waals surface area contributed by atoms with Gasteiger partial charge in [0.15, 0.2) is 5.60 Å². The summed E-state index contributed by atoms with van der Waals surface area (Å²) in [5, 5.41) is 7.56. The van der Waals surface area contributed by atoms with Crippen molar-refractivity contribution in [2.75, 3.05) is 10.6 Å². The van der Waals surface area contributed by atoms with E-state index < -0.39 is 5.60 Å². The normalized spacial score (nSPS) is 15.5. The van der Waals surface area contributed by atoms with E-state index in [0.717, 1.165) is 4.88 Å². The zero-order valence-corrected chi connectivity index (χ0v) is 13.1. The highest BCUT2D eigenvalue weighted by Gasteiger charge is 2.35. The number of benzene rings is 1. The van der Waals surface area contributed by atoms with Crippen molar-refractivity contribution >= 4 is 34.5 Å². The third-order valence-corrected chi connectivity index (χ3v) is 4.21. The number of amides is 2. The van der Waals surface area contributed by atoms with Crippen LogP contribution in [0.25, 0.3) is 0 Å². The van der Waals surface area contributed by atoms with Crippen LogP contribution in [0.4, 0.5) is 11.4 Å². The summed E-state index contributed by atoms with van der Waals surface area (Å²) >= 11 is 1.55. The molecule has 6 heteroatoms. The maximum atomic E-state index is 12.0. The van der Waals surface area contributed by atoms with Crippen molar-refractivity contribution in [1.82, 2.24) is 0 Å². The Morgan fingerprint density at radius 3 is 2.91 bits per heavy atom. The zero-order chi connectivity index (χ0) is 15.7. The van der Waals surface area contributed by atoms with E-state index in [1.54, 1.807) is 43.4 Å². The molecule has 3 rings (SSSR count). The van der Waals surface area contributed by atoms with Gasteiger partial charge in [0, 0.05) is 10.6 Å². The summed E-state index contributed by atoms with van der Waals surface area (Å²) in [7, 11) is 0. The maximum absolute atomic E-state index is 12.0. The summed E-state index contributed by atoms with van der Waals surface area (Å²) in [4.78, 5) is 24.9. The minimum Gasteiger partial charge on any atom is -0.476 e. The summed E-state index contributed by atoms with van der Waals surface area (Å²) < 4.78 is 5.65. The summed E-state index contributed by atoms with van der Waals surface area (Å²) in [6.45, 7) is 3.42. The van der Waals surface area contributed by atoms with Crippen molar-refractivity contribution in [2.24, 2.45) is 0 Å². The van der Waals surface area contributed by atoms with Crippen LogP contribution in [0.3, 0.4) is 0 Å². The SMILES string of the molecule is CC1(C)Oc2ccc(NC(=O)Cc3cccs3)cc2NC1=O. The molecule has 0 unspecified atom stereocenters. The van der Waals surface area contributed by atoms with Gasteiger partial charge < -0.3 is 15.4 Å². The Kier molecular flexibility index (Phi) is 3.62. The fourth-order valence-corrected chi connectivity index (χ4v) is 2.87. The summed E-state index contributed by atoms with van der Waals surface area (Å²) in [5.41, 5.74) is 0.305. The molecule has 1 aromatic heterocycles. The van der Waals surface area contributed by atoms with Gasteiger partial charge in [-0.3, -0.25) is 9.59 Å². The van der Waals surface area contributed by atoms with Gasteiger partial charge in [-0.25, -0.2) is 0 Å². The standard InChI is InChI=1S/C16H16N2O3S/c1-16(2)15(20)18-12-8-10(5-6-13(12)21-16)17-14(19)9-11-4-3-7-22-11/h3-8H,9H2,1-2H3,(H,17,19)(H,18,20). The van der Waals surface area contributed by atoms with Crippen LogP contribution in [0.15, 0.2) is 35.7 Å². The quantitative estimate of drug-likeness (QED) is 0.914. The molecule has 5 nitrogen and oxygen atoms in total. The Labute approximate surface area is 132 Å². The highest BCUT2D eigenvalue weighted by molar-refractivity contribution is 7.10. The molecule has 2 aromatic rings. The van der Waals surface area contributed by atoms with E-state index in [-0.39, 0.29) is 11.8 Å². The molecular weight excluding hydrogens is 300 g/mol. The van der Waals surface area contributed by atoms with E-state index in [9.17, 15) is 9.59 Å². The third kappa shape index (κ3) is 2.96. The van der Waals surface area contributed by atoms with Crippen LogP contribution in [0, 0.1) is 0 Å². The van der Waals surface area contributed by atoms with Crippen LogP contribution in [0.1, 0.15) is 18.7 Å². The number of hydrogen-bond acceptors (Lipinski definition) is 4. The summed E-state index contributed by atoms with van der Waals surface area (Å²) in [6, 6.07) is 9.05. The molecule has 2 N–H and O–H groups in total. The maximum Gasteiger partial charge on any atom is 0.268 e. The van der Waals surface area contributed by atoms with Gasteiger partial charge in [-0.05, 0) is 43.5 Å². The first-order valence-corrected chi connectivity index (χ1v) is 7.79. The Balaban J connectivity index is 1.73. The number of fused-ring (bicyclic) bond motifs is 1. The van der Waals surface area contributed by atoms with Crippen LogP contribution in [-0.4, -0.2) is 17.4 Å². The first-order valence-electron chi connectivity index (χ1n) is 6.91. The molecule has 2 heterocycles. The Bertz CT molecular complexity index is 723. The minimum atomic E-state index is -0.892. The molecule has 114 valence electrons. The fourth-order valence-electron chi connectivity index (χ4n) is 2.17. The number of carbonyl (C=O) groups is 2. The second kappa shape index (κ2) is 5.46. The number of thiophene rings is 1. The number of carbonyl (C=O) groups excluding carboxylic acids is 2. The van der Waals surface area contributed by atoms with Gasteiger partial charge in [-0.15, -0.1) is 11.3 Å². The van der Waals surface area contributed by atoms with E-state index >= 15 is 0 Å². The van der Waals surface area contributed by atoms with Crippen LogP contribution in [0.2, 0.25) is 0 Å². The Hall–Kier alpha value is -2.34. The predicted octanol–water partition coefficient (Wildman–Crippen LogP) is 3.04. The number of ether oxygens (including phenoxy) is 1. The third-order valence-electron chi connectivity index (χ3n) is 3.34. The number of anilines is 2. The first kappa shape index (κ1) is 14.6. The van der Waals surface area contributed by atoms with Gasteiger partial charge in [0.25, 0.3) is 5.91 Å². The van der Waals surface area contributed by atoms with Crippen molar-refractivity contribution in [3.63, 3.8) is 0 Å². The summed E-state index contributed by atoms with van der Waals surface area (Å²) in [5.74, 6) is 0.300. The van der Waals surface area contributed by atoms with Crippen LogP contribution in [0.5, 0.6) is 5.75 Å². The molecule has 0 radical (unpaired) electrons. The predicted molar refractivity (Wildman–Crippen MR) is 86.4 cm³/mol. The van der Waals surface area contributed by atoms with E-state index in [1.807, 2.05) is 17.5 Å². The average molecular weight is 316 g/mol. The molecule has 0 bridgehead atoms. The van der Waals surface area contributed by atoms with Crippen molar-refractivity contribution in [2.45, 2.75) is 25.9 Å². The van der Waals surface area contributed by atoms with Gasteiger partial charge >= 0.3 is 0 Å². The fraction of sp³-hybridized carbons (Fsp3) is 0.250. The average Bonchev–Trinajstić information content (AvgIpc) is 2.93. The molecule has 22 heavy (non-hydrogen) atoms. The zero-order valence-electron chi connectivity index (χ0n) is 12.3. The second-order valence-electron chi connectivity index (χ2n) is 5.58. The summed E-state index contributed by atoms with van der Waals surface area (Å²) in [6.07, 6.45) is 0.338. The van der Waals surface area contributed by atoms with Crippen LogP contribution in [-0.2, 0) is 16.0 Å². The van der Waals surface area contributed by atoms with E-state index in [1.165, 1.54) is 0 Å². The van der Waals surface area contributed by atoms with E-state index in [4.69, 9.17) is 4.74 Å². The van der Waals surface area contributed by atoms with Gasteiger partial charge in [0.1, 0.15) is 5.75 Å². The lowest BCUT2D eigenvalue weighted by molar-refractivity contribution is -0.129. The molecular formula is C16H16N2O3S. The Morgan fingerprint density at radius 1 is 1.36 bits per heavy atom. The van der Waals surface area contributed by atoms with Crippen LogP contribution >= 0.6 is 11.3 Å². The number of hydrogen-bond donors (Lipinski definition) is 2. The van der Waals surface area contributed by atoms with Gasteiger partial charge in [-0.2, -0.15) is 0 Å². The molecule has 1 aliphatic heterocycles. The Morgan fingerprint density at radius 2 is 2.18 bits per heavy atom. The van der Waals surface area contributed by atoms with E-state index in [0.29, 0.717) is 23.5 Å². The molecule has 1 aliphatic rings. The molecule has 1 aromatic carbocycles. The van der Waals surface area contributed by atoms with Crippen LogP contribution < -0.4 is 15.4 Å².